The minimum atomic E-state index is -0.363. The van der Waals surface area contributed by atoms with Crippen LogP contribution < -0.4 is 0 Å². The maximum absolute atomic E-state index is 13.1. The van der Waals surface area contributed by atoms with Crippen LogP contribution >= 0.6 is 0 Å². The zero-order valence-electron chi connectivity index (χ0n) is 18.9. The van der Waals surface area contributed by atoms with Crippen LogP contribution in [-0.4, -0.2) is 83.8 Å². The van der Waals surface area contributed by atoms with Crippen molar-refractivity contribution in [3.63, 3.8) is 0 Å². The van der Waals surface area contributed by atoms with Gasteiger partial charge in [-0.1, -0.05) is 30.3 Å². The first-order valence-electron chi connectivity index (χ1n) is 11.8. The predicted octanol–water partition coefficient (Wildman–Crippen LogP) is 1.99. The smallest absolute Gasteiger partial charge is 0.261 e. The van der Waals surface area contributed by atoms with Crippen molar-refractivity contribution in [2.75, 3.05) is 39.3 Å². The molecule has 0 radical (unpaired) electrons. The molecule has 8 nitrogen and oxygen atoms in total. The number of rotatable bonds is 5. The van der Waals surface area contributed by atoms with E-state index in [4.69, 9.17) is 4.74 Å². The van der Waals surface area contributed by atoms with Crippen LogP contribution in [0.1, 0.15) is 49.5 Å². The Labute approximate surface area is 198 Å². The van der Waals surface area contributed by atoms with Crippen LogP contribution in [0.4, 0.5) is 0 Å². The minimum absolute atomic E-state index is 0.00170. The Morgan fingerprint density at radius 2 is 1.59 bits per heavy atom. The molecular formula is C26H27N3O5. The summed E-state index contributed by atoms with van der Waals surface area (Å²) in [5, 5.41) is 0. The van der Waals surface area contributed by atoms with Gasteiger partial charge in [-0.3, -0.25) is 24.1 Å². The summed E-state index contributed by atoms with van der Waals surface area (Å²) in [5.41, 5.74) is 2.04. The molecule has 0 aromatic heterocycles. The Balaban J connectivity index is 1.22. The van der Waals surface area contributed by atoms with E-state index < -0.39 is 0 Å². The van der Waals surface area contributed by atoms with E-state index in [1.807, 2.05) is 30.3 Å². The van der Waals surface area contributed by atoms with Gasteiger partial charge in [0.25, 0.3) is 23.6 Å². The molecule has 4 amide bonds. The molecule has 3 aliphatic heterocycles. The Morgan fingerprint density at radius 3 is 2.29 bits per heavy atom. The summed E-state index contributed by atoms with van der Waals surface area (Å²) in [6.07, 6.45) is 1.88. The summed E-state index contributed by atoms with van der Waals surface area (Å²) in [6, 6.07) is 14.4. The van der Waals surface area contributed by atoms with Crippen molar-refractivity contribution in [1.82, 2.24) is 14.7 Å². The lowest BCUT2D eigenvalue weighted by atomic mass is 10.0. The molecule has 1 unspecified atom stereocenters. The highest BCUT2D eigenvalue weighted by molar-refractivity contribution is 6.22. The Bertz CT molecular complexity index is 1120. The highest BCUT2D eigenvalue weighted by atomic mass is 16.5. The van der Waals surface area contributed by atoms with Crippen molar-refractivity contribution < 1.29 is 23.9 Å². The van der Waals surface area contributed by atoms with Gasteiger partial charge >= 0.3 is 0 Å². The molecule has 176 valence electrons. The van der Waals surface area contributed by atoms with E-state index in [-0.39, 0.29) is 35.3 Å². The van der Waals surface area contributed by atoms with Gasteiger partial charge in [0.1, 0.15) is 6.10 Å². The monoisotopic (exact) mass is 461 g/mol. The van der Waals surface area contributed by atoms with Gasteiger partial charge in [-0.2, -0.15) is 0 Å². The second-order valence-electron chi connectivity index (χ2n) is 8.88. The van der Waals surface area contributed by atoms with E-state index in [0.717, 1.165) is 18.4 Å². The summed E-state index contributed by atoms with van der Waals surface area (Å²) < 4.78 is 5.49. The molecule has 2 aromatic carbocycles. The first kappa shape index (κ1) is 22.3. The second-order valence-corrected chi connectivity index (χ2v) is 8.88. The van der Waals surface area contributed by atoms with Gasteiger partial charge in [0.15, 0.2) is 0 Å². The fourth-order valence-corrected chi connectivity index (χ4v) is 4.80. The van der Waals surface area contributed by atoms with Gasteiger partial charge in [-0.15, -0.1) is 0 Å². The third-order valence-corrected chi connectivity index (χ3v) is 6.77. The van der Waals surface area contributed by atoms with Crippen LogP contribution in [-0.2, 0) is 16.0 Å². The van der Waals surface area contributed by atoms with Crippen molar-refractivity contribution in [2.24, 2.45) is 0 Å². The van der Waals surface area contributed by atoms with Crippen LogP contribution in [0.2, 0.25) is 0 Å². The molecule has 0 N–H and O–H groups in total. The Hall–Kier alpha value is -3.52. The third kappa shape index (κ3) is 4.21. The van der Waals surface area contributed by atoms with Gasteiger partial charge in [0.05, 0.1) is 11.1 Å². The quantitative estimate of drug-likeness (QED) is 0.636. The molecule has 5 rings (SSSR count). The average molecular weight is 462 g/mol. The Kier molecular flexibility index (Phi) is 6.15. The molecule has 2 fully saturated rings. The Morgan fingerprint density at radius 1 is 0.882 bits per heavy atom. The van der Waals surface area contributed by atoms with Gasteiger partial charge in [0.2, 0.25) is 0 Å². The van der Waals surface area contributed by atoms with E-state index >= 15 is 0 Å². The second kappa shape index (κ2) is 9.38. The van der Waals surface area contributed by atoms with Gasteiger partial charge in [-0.25, -0.2) is 0 Å². The third-order valence-electron chi connectivity index (χ3n) is 6.77. The number of piperazine rings is 1. The SMILES string of the molecule is O=C(c1ccc2c(c1)C(=O)N(CCc1ccccc1)C2=O)N1CCN(C(=O)C2CCCO2)CC1. The number of carbonyl (C=O) groups is 4. The van der Waals surface area contributed by atoms with Gasteiger partial charge in [-0.05, 0) is 43.0 Å². The van der Waals surface area contributed by atoms with Crippen molar-refractivity contribution >= 4 is 23.6 Å². The molecule has 2 aromatic rings. The zero-order chi connectivity index (χ0) is 23.7. The van der Waals surface area contributed by atoms with Crippen LogP contribution in [0.15, 0.2) is 48.5 Å². The molecule has 3 heterocycles. The molecule has 8 heteroatoms. The average Bonchev–Trinajstić information content (AvgIpc) is 3.50. The standard InChI is InChI=1S/C26H27N3O5/c30-23(27-12-14-28(15-13-27)26(33)22-7-4-16-34-22)19-8-9-20-21(17-19)25(32)29(24(20)31)11-10-18-5-2-1-3-6-18/h1-3,5-6,8-9,17,22H,4,7,10-16H2. The lowest BCUT2D eigenvalue weighted by molar-refractivity contribution is -0.142. The van der Waals surface area contributed by atoms with E-state index in [1.54, 1.807) is 21.9 Å². The number of hydrogen-bond acceptors (Lipinski definition) is 5. The fourth-order valence-electron chi connectivity index (χ4n) is 4.80. The normalized spacial score (nSPS) is 20.1. The lowest BCUT2D eigenvalue weighted by Crippen LogP contribution is -2.52. The molecule has 0 aliphatic carbocycles. The molecule has 34 heavy (non-hydrogen) atoms. The first-order chi connectivity index (χ1) is 16.5. The van der Waals surface area contributed by atoms with Gasteiger partial charge < -0.3 is 14.5 Å². The van der Waals surface area contributed by atoms with E-state index in [9.17, 15) is 19.2 Å². The number of imide groups is 1. The predicted molar refractivity (Wildman–Crippen MR) is 123 cm³/mol. The summed E-state index contributed by atoms with van der Waals surface area (Å²) in [5.74, 6) is -0.884. The van der Waals surface area contributed by atoms with Gasteiger partial charge in [0, 0.05) is 44.9 Å². The van der Waals surface area contributed by atoms with Crippen molar-refractivity contribution in [3.8, 4) is 0 Å². The highest BCUT2D eigenvalue weighted by Crippen LogP contribution is 2.25. The number of benzene rings is 2. The van der Waals surface area contributed by atoms with Crippen molar-refractivity contribution in [1.29, 1.82) is 0 Å². The topological polar surface area (TPSA) is 87.2 Å². The van der Waals surface area contributed by atoms with Crippen LogP contribution in [0.25, 0.3) is 0 Å². The summed E-state index contributed by atoms with van der Waals surface area (Å²) >= 11 is 0. The van der Waals surface area contributed by atoms with E-state index in [0.29, 0.717) is 56.9 Å². The van der Waals surface area contributed by atoms with Crippen LogP contribution in [0, 0.1) is 0 Å². The van der Waals surface area contributed by atoms with E-state index in [2.05, 4.69) is 0 Å². The molecule has 2 saturated heterocycles. The summed E-state index contributed by atoms with van der Waals surface area (Å²) in [7, 11) is 0. The molecule has 3 aliphatic rings. The molecule has 0 bridgehead atoms. The number of fused-ring (bicyclic) bond motifs is 1. The van der Waals surface area contributed by atoms with Crippen molar-refractivity contribution in [2.45, 2.75) is 25.4 Å². The number of hydrogen-bond donors (Lipinski definition) is 0. The fraction of sp³-hybridized carbons (Fsp3) is 0.385. The molecule has 1 atom stereocenters. The van der Waals surface area contributed by atoms with Crippen LogP contribution in [0.3, 0.4) is 0 Å². The summed E-state index contributed by atoms with van der Waals surface area (Å²) in [6.45, 7) is 2.67. The highest BCUT2D eigenvalue weighted by Gasteiger charge is 2.36. The molecule has 0 saturated carbocycles. The van der Waals surface area contributed by atoms with Crippen molar-refractivity contribution in [3.05, 3.63) is 70.8 Å². The largest absolute Gasteiger partial charge is 0.368 e. The number of nitrogens with zero attached hydrogens (tertiary/aromatic N) is 3. The maximum Gasteiger partial charge on any atom is 0.261 e. The maximum atomic E-state index is 13.1. The first-order valence-corrected chi connectivity index (χ1v) is 11.8. The number of ether oxygens (including phenoxy) is 1. The molecular weight excluding hydrogens is 434 g/mol. The molecule has 0 spiro atoms. The van der Waals surface area contributed by atoms with E-state index in [1.165, 1.54) is 11.0 Å². The minimum Gasteiger partial charge on any atom is -0.368 e. The number of carbonyl (C=O) groups excluding carboxylic acids is 4. The zero-order valence-corrected chi connectivity index (χ0v) is 18.9. The summed E-state index contributed by atoms with van der Waals surface area (Å²) in [4.78, 5) is 56.1. The van der Waals surface area contributed by atoms with Crippen LogP contribution in [0.5, 0.6) is 0 Å². The number of amides is 4. The lowest BCUT2D eigenvalue weighted by Gasteiger charge is -2.35.